The monoisotopic (exact) mass is 367 g/mol. The van der Waals surface area contributed by atoms with Gasteiger partial charge in [-0.1, -0.05) is 6.07 Å². The van der Waals surface area contributed by atoms with Crippen molar-refractivity contribution >= 4 is 34.3 Å². The molecule has 2 heterocycles. The Morgan fingerprint density at radius 2 is 2.19 bits per heavy atom. The molecule has 0 unspecified atom stereocenters. The highest BCUT2D eigenvalue weighted by Crippen LogP contribution is 2.38. The minimum absolute atomic E-state index is 0.0554. The van der Waals surface area contributed by atoms with Crippen molar-refractivity contribution in [3.63, 3.8) is 0 Å². The molecule has 1 N–H and O–H groups in total. The summed E-state index contributed by atoms with van der Waals surface area (Å²) in [6.07, 6.45) is 8.39. The van der Waals surface area contributed by atoms with Gasteiger partial charge in [-0.15, -0.1) is 11.3 Å². The Kier molecular flexibility index (Phi) is 5.44. The molecule has 26 heavy (non-hydrogen) atoms. The van der Waals surface area contributed by atoms with Gasteiger partial charge in [0.1, 0.15) is 16.6 Å². The molecule has 0 atom stereocenters. The third kappa shape index (κ3) is 3.65. The quantitative estimate of drug-likeness (QED) is 0.508. The third-order valence-corrected chi connectivity index (χ3v) is 5.36. The number of nitriles is 1. The fraction of sp³-hybridized carbons (Fsp3) is 0.263. The number of ether oxygens (including phenoxy) is 1. The van der Waals surface area contributed by atoms with Crippen LogP contribution in [-0.2, 0) is 22.4 Å². The van der Waals surface area contributed by atoms with Crippen LogP contribution in [0.1, 0.15) is 39.2 Å². The molecule has 0 bridgehead atoms. The predicted octanol–water partition coefficient (Wildman–Crippen LogP) is 3.35. The summed E-state index contributed by atoms with van der Waals surface area (Å²) in [6.45, 7) is 0. The normalized spacial score (nSPS) is 13.5. The Morgan fingerprint density at radius 1 is 1.38 bits per heavy atom. The average Bonchev–Trinajstić information content (AvgIpc) is 3.04. The van der Waals surface area contributed by atoms with Gasteiger partial charge in [0.05, 0.1) is 12.7 Å². The van der Waals surface area contributed by atoms with Gasteiger partial charge < -0.3 is 10.1 Å². The van der Waals surface area contributed by atoms with Crippen molar-refractivity contribution in [3.8, 4) is 6.07 Å². The number of nitrogens with one attached hydrogen (secondary N) is 1. The first kappa shape index (κ1) is 17.8. The first-order valence-electron chi connectivity index (χ1n) is 8.20. The van der Waals surface area contributed by atoms with Crippen LogP contribution in [0.5, 0.6) is 0 Å². The first-order chi connectivity index (χ1) is 12.6. The molecule has 0 fully saturated rings. The highest BCUT2D eigenvalue weighted by molar-refractivity contribution is 7.17. The predicted molar refractivity (Wildman–Crippen MR) is 98.8 cm³/mol. The summed E-state index contributed by atoms with van der Waals surface area (Å²) >= 11 is 1.39. The molecule has 0 radical (unpaired) electrons. The van der Waals surface area contributed by atoms with E-state index in [9.17, 15) is 14.9 Å². The molecule has 6 nitrogen and oxygen atoms in total. The maximum atomic E-state index is 12.6. The number of methoxy groups -OCH3 is 1. The van der Waals surface area contributed by atoms with Crippen LogP contribution in [0.3, 0.4) is 0 Å². The summed E-state index contributed by atoms with van der Waals surface area (Å²) in [5.74, 6) is -1.02. The lowest BCUT2D eigenvalue weighted by atomic mass is 9.95. The summed E-state index contributed by atoms with van der Waals surface area (Å²) < 4.78 is 4.89. The van der Waals surface area contributed by atoms with Gasteiger partial charge >= 0.3 is 5.97 Å². The highest BCUT2D eigenvalue weighted by Gasteiger charge is 2.27. The zero-order valence-corrected chi connectivity index (χ0v) is 15.1. The lowest BCUT2D eigenvalue weighted by Crippen LogP contribution is -2.16. The van der Waals surface area contributed by atoms with Crippen LogP contribution in [0, 0.1) is 11.3 Å². The standard InChI is InChI=1S/C19H17N3O3S/c1-25-19(24)16-14-6-2-3-7-15(14)26-18(16)22-17(23)13(10-20)9-12-5-4-8-21-11-12/h4-5,8-9,11H,2-3,6-7H2,1H3,(H,22,23)/b13-9-. The van der Waals surface area contributed by atoms with E-state index >= 15 is 0 Å². The van der Waals surface area contributed by atoms with Crippen LogP contribution in [0.15, 0.2) is 30.1 Å². The van der Waals surface area contributed by atoms with E-state index in [-0.39, 0.29) is 5.57 Å². The number of pyridine rings is 1. The zero-order chi connectivity index (χ0) is 18.5. The van der Waals surface area contributed by atoms with Crippen LogP contribution in [0.25, 0.3) is 6.08 Å². The minimum atomic E-state index is -0.555. The second kappa shape index (κ2) is 7.93. The first-order valence-corrected chi connectivity index (χ1v) is 9.01. The number of amides is 1. The molecular weight excluding hydrogens is 350 g/mol. The van der Waals surface area contributed by atoms with E-state index in [1.165, 1.54) is 24.5 Å². The van der Waals surface area contributed by atoms with Crippen molar-refractivity contribution in [2.24, 2.45) is 0 Å². The summed E-state index contributed by atoms with van der Waals surface area (Å²) in [5.41, 5.74) is 1.97. The summed E-state index contributed by atoms with van der Waals surface area (Å²) in [4.78, 5) is 29.8. The zero-order valence-electron chi connectivity index (χ0n) is 14.2. The Balaban J connectivity index is 1.91. The third-order valence-electron chi connectivity index (χ3n) is 4.15. The molecule has 0 aliphatic heterocycles. The molecule has 2 aromatic rings. The van der Waals surface area contributed by atoms with Gasteiger partial charge in [0.15, 0.2) is 0 Å². The molecule has 0 saturated heterocycles. The maximum absolute atomic E-state index is 12.6. The Morgan fingerprint density at radius 3 is 2.88 bits per heavy atom. The lowest BCUT2D eigenvalue weighted by Gasteiger charge is -2.11. The van der Waals surface area contributed by atoms with Crippen molar-refractivity contribution in [2.75, 3.05) is 12.4 Å². The van der Waals surface area contributed by atoms with E-state index in [0.29, 0.717) is 16.1 Å². The number of anilines is 1. The number of rotatable bonds is 4. The Hall–Kier alpha value is -2.98. The molecule has 7 heteroatoms. The number of carbonyl (C=O) groups is 2. The molecule has 1 aliphatic carbocycles. The Labute approximate surface area is 155 Å². The minimum Gasteiger partial charge on any atom is -0.465 e. The Bertz CT molecular complexity index is 910. The van der Waals surface area contributed by atoms with Crippen LogP contribution >= 0.6 is 11.3 Å². The van der Waals surface area contributed by atoms with E-state index in [2.05, 4.69) is 10.3 Å². The van der Waals surface area contributed by atoms with Crippen LogP contribution in [0.4, 0.5) is 5.00 Å². The van der Waals surface area contributed by atoms with Crippen LogP contribution < -0.4 is 5.32 Å². The SMILES string of the molecule is COC(=O)c1c(NC(=O)/C(C#N)=C\c2cccnc2)sc2c1CCCC2. The van der Waals surface area contributed by atoms with E-state index < -0.39 is 11.9 Å². The number of thiophene rings is 1. The molecule has 1 aliphatic rings. The van der Waals surface area contributed by atoms with Gasteiger partial charge in [-0.05, 0) is 49.0 Å². The van der Waals surface area contributed by atoms with Crippen molar-refractivity contribution in [2.45, 2.75) is 25.7 Å². The number of hydrogen-bond donors (Lipinski definition) is 1. The molecule has 0 aromatic carbocycles. The summed E-state index contributed by atoms with van der Waals surface area (Å²) in [6, 6.07) is 5.38. The molecule has 1 amide bonds. The smallest absolute Gasteiger partial charge is 0.341 e. The van der Waals surface area contributed by atoms with E-state index in [0.717, 1.165) is 36.1 Å². The number of hydrogen-bond acceptors (Lipinski definition) is 6. The van der Waals surface area contributed by atoms with Crippen LogP contribution in [-0.4, -0.2) is 24.0 Å². The summed E-state index contributed by atoms with van der Waals surface area (Å²) in [7, 11) is 1.32. The van der Waals surface area contributed by atoms with Gasteiger partial charge in [-0.3, -0.25) is 9.78 Å². The topological polar surface area (TPSA) is 92.1 Å². The van der Waals surface area contributed by atoms with E-state index in [1.807, 2.05) is 6.07 Å². The number of nitrogens with zero attached hydrogens (tertiary/aromatic N) is 2. The molecule has 0 spiro atoms. The van der Waals surface area contributed by atoms with Gasteiger partial charge in [0.2, 0.25) is 0 Å². The van der Waals surface area contributed by atoms with E-state index in [1.54, 1.807) is 24.5 Å². The maximum Gasteiger partial charge on any atom is 0.341 e. The van der Waals surface area contributed by atoms with Crippen molar-refractivity contribution < 1.29 is 14.3 Å². The molecular formula is C19H17N3O3S. The van der Waals surface area contributed by atoms with Gasteiger partial charge in [-0.2, -0.15) is 5.26 Å². The fourth-order valence-electron chi connectivity index (χ4n) is 2.92. The van der Waals surface area contributed by atoms with Gasteiger partial charge in [0.25, 0.3) is 5.91 Å². The second-order valence-corrected chi connectivity index (χ2v) is 6.92. The number of carbonyl (C=O) groups excluding carboxylic acids is 2. The van der Waals surface area contributed by atoms with Gasteiger partial charge in [-0.25, -0.2) is 4.79 Å². The summed E-state index contributed by atoms with van der Waals surface area (Å²) in [5, 5.41) is 12.5. The van der Waals surface area contributed by atoms with Crippen molar-refractivity contribution in [1.29, 1.82) is 5.26 Å². The largest absolute Gasteiger partial charge is 0.465 e. The molecule has 2 aromatic heterocycles. The second-order valence-electron chi connectivity index (χ2n) is 5.82. The fourth-order valence-corrected chi connectivity index (χ4v) is 4.19. The molecule has 0 saturated carbocycles. The highest BCUT2D eigenvalue weighted by atomic mass is 32.1. The van der Waals surface area contributed by atoms with Gasteiger partial charge in [0, 0.05) is 17.3 Å². The number of fused-ring (bicyclic) bond motifs is 1. The molecule has 3 rings (SSSR count). The number of aryl methyl sites for hydroxylation is 1. The lowest BCUT2D eigenvalue weighted by molar-refractivity contribution is -0.112. The number of esters is 1. The van der Waals surface area contributed by atoms with Crippen LogP contribution in [0.2, 0.25) is 0 Å². The van der Waals surface area contributed by atoms with Crippen molar-refractivity contribution in [1.82, 2.24) is 4.98 Å². The number of aromatic nitrogens is 1. The van der Waals surface area contributed by atoms with E-state index in [4.69, 9.17) is 4.74 Å². The van der Waals surface area contributed by atoms with Crippen molar-refractivity contribution in [3.05, 3.63) is 51.7 Å². The average molecular weight is 367 g/mol. The molecule has 132 valence electrons.